The summed E-state index contributed by atoms with van der Waals surface area (Å²) in [4.78, 5) is 0. The summed E-state index contributed by atoms with van der Waals surface area (Å²) < 4.78 is 5.19. The highest BCUT2D eigenvalue weighted by molar-refractivity contribution is 6.35. The molecule has 0 bridgehead atoms. The van der Waals surface area contributed by atoms with Gasteiger partial charge in [0.2, 0.25) is 0 Å². The van der Waals surface area contributed by atoms with E-state index in [2.05, 4.69) is 10.5 Å². The molecule has 0 atom stereocenters. The molecule has 2 aromatic rings. The standard InChI is InChI=1S/C11H10Cl2N2O/c1-2-14-11-9(13)10(16-15-11)7-3-5-8(12)6-4-7/h3-6H,2H2,1H3,(H,14,15). The highest BCUT2D eigenvalue weighted by Crippen LogP contribution is 2.33. The number of anilines is 1. The van der Waals surface area contributed by atoms with Crippen molar-refractivity contribution >= 4 is 29.0 Å². The summed E-state index contributed by atoms with van der Waals surface area (Å²) in [5.74, 6) is 1.11. The Morgan fingerprint density at radius 1 is 1.25 bits per heavy atom. The van der Waals surface area contributed by atoms with Crippen molar-refractivity contribution in [3.63, 3.8) is 0 Å². The Kier molecular flexibility index (Phi) is 3.36. The lowest BCUT2D eigenvalue weighted by Crippen LogP contribution is -1.96. The summed E-state index contributed by atoms with van der Waals surface area (Å²) in [6.07, 6.45) is 0. The fraction of sp³-hybridized carbons (Fsp3) is 0.182. The Bertz CT molecular complexity index is 479. The van der Waals surface area contributed by atoms with Gasteiger partial charge in [-0.25, -0.2) is 0 Å². The fourth-order valence-corrected chi connectivity index (χ4v) is 1.71. The van der Waals surface area contributed by atoms with Crippen LogP contribution < -0.4 is 5.32 Å². The van der Waals surface area contributed by atoms with Crippen molar-refractivity contribution in [2.45, 2.75) is 6.92 Å². The maximum absolute atomic E-state index is 6.13. The van der Waals surface area contributed by atoms with E-state index in [-0.39, 0.29) is 0 Å². The highest BCUT2D eigenvalue weighted by atomic mass is 35.5. The zero-order valence-electron chi connectivity index (χ0n) is 8.63. The highest BCUT2D eigenvalue weighted by Gasteiger charge is 2.14. The maximum atomic E-state index is 6.13. The van der Waals surface area contributed by atoms with Gasteiger partial charge in [0, 0.05) is 17.1 Å². The van der Waals surface area contributed by atoms with Crippen LogP contribution in [-0.2, 0) is 0 Å². The second-order valence-electron chi connectivity index (χ2n) is 3.21. The third-order valence-corrected chi connectivity index (χ3v) is 2.69. The van der Waals surface area contributed by atoms with Crippen LogP contribution in [0.5, 0.6) is 0 Å². The van der Waals surface area contributed by atoms with Crippen molar-refractivity contribution < 1.29 is 4.52 Å². The number of hydrogen-bond acceptors (Lipinski definition) is 3. The lowest BCUT2D eigenvalue weighted by atomic mass is 10.2. The third-order valence-electron chi connectivity index (χ3n) is 2.09. The summed E-state index contributed by atoms with van der Waals surface area (Å²) in [6.45, 7) is 2.71. The van der Waals surface area contributed by atoms with Crippen LogP contribution in [0.2, 0.25) is 10.0 Å². The Morgan fingerprint density at radius 2 is 1.94 bits per heavy atom. The molecule has 2 rings (SSSR count). The molecule has 84 valence electrons. The Balaban J connectivity index is 2.37. The van der Waals surface area contributed by atoms with Gasteiger partial charge in [0.1, 0.15) is 5.02 Å². The summed E-state index contributed by atoms with van der Waals surface area (Å²) in [6, 6.07) is 7.24. The molecule has 0 aliphatic heterocycles. The van der Waals surface area contributed by atoms with E-state index >= 15 is 0 Å². The van der Waals surface area contributed by atoms with Crippen molar-refractivity contribution in [2.24, 2.45) is 0 Å². The molecule has 0 amide bonds. The van der Waals surface area contributed by atoms with Gasteiger partial charge < -0.3 is 9.84 Å². The van der Waals surface area contributed by atoms with Crippen LogP contribution in [0.25, 0.3) is 11.3 Å². The number of benzene rings is 1. The van der Waals surface area contributed by atoms with Gasteiger partial charge in [-0.1, -0.05) is 28.4 Å². The molecule has 0 saturated heterocycles. The Hall–Kier alpha value is -1.19. The molecule has 0 spiro atoms. The van der Waals surface area contributed by atoms with Crippen molar-refractivity contribution in [3.8, 4) is 11.3 Å². The SMILES string of the molecule is CCNc1noc(-c2ccc(Cl)cc2)c1Cl. The monoisotopic (exact) mass is 256 g/mol. The molecule has 0 radical (unpaired) electrons. The Morgan fingerprint density at radius 3 is 2.56 bits per heavy atom. The molecule has 1 aromatic carbocycles. The average molecular weight is 257 g/mol. The molecule has 1 heterocycles. The zero-order valence-corrected chi connectivity index (χ0v) is 10.1. The first-order valence-electron chi connectivity index (χ1n) is 4.87. The number of aromatic nitrogens is 1. The van der Waals surface area contributed by atoms with E-state index in [9.17, 15) is 0 Å². The summed E-state index contributed by atoms with van der Waals surface area (Å²) in [5, 5.41) is 8.03. The maximum Gasteiger partial charge on any atom is 0.188 e. The van der Waals surface area contributed by atoms with Gasteiger partial charge in [-0.15, -0.1) is 0 Å². The van der Waals surface area contributed by atoms with Crippen LogP contribution >= 0.6 is 23.2 Å². The van der Waals surface area contributed by atoms with Crippen molar-refractivity contribution in [3.05, 3.63) is 34.3 Å². The summed E-state index contributed by atoms with van der Waals surface area (Å²) in [5.41, 5.74) is 0.853. The van der Waals surface area contributed by atoms with Gasteiger partial charge in [-0.05, 0) is 31.2 Å². The van der Waals surface area contributed by atoms with E-state index in [1.807, 2.05) is 19.1 Å². The topological polar surface area (TPSA) is 38.1 Å². The second-order valence-corrected chi connectivity index (χ2v) is 4.03. The minimum atomic E-state index is 0.490. The van der Waals surface area contributed by atoms with Crippen LogP contribution in [0.4, 0.5) is 5.82 Å². The van der Waals surface area contributed by atoms with Gasteiger partial charge in [0.05, 0.1) is 0 Å². The van der Waals surface area contributed by atoms with Crippen molar-refractivity contribution in [1.82, 2.24) is 5.16 Å². The van der Waals surface area contributed by atoms with Gasteiger partial charge in [0.25, 0.3) is 0 Å². The van der Waals surface area contributed by atoms with Gasteiger partial charge in [-0.3, -0.25) is 0 Å². The van der Waals surface area contributed by atoms with Crippen molar-refractivity contribution in [1.29, 1.82) is 0 Å². The van der Waals surface area contributed by atoms with E-state index in [0.29, 0.717) is 21.6 Å². The van der Waals surface area contributed by atoms with Crippen LogP contribution in [0.15, 0.2) is 28.8 Å². The molecule has 0 saturated carbocycles. The molecular formula is C11H10Cl2N2O. The second kappa shape index (κ2) is 4.76. The molecule has 0 aliphatic rings. The first kappa shape index (κ1) is 11.3. The van der Waals surface area contributed by atoms with Gasteiger partial charge in [0.15, 0.2) is 11.6 Å². The van der Waals surface area contributed by atoms with Gasteiger partial charge in [-0.2, -0.15) is 0 Å². The lowest BCUT2D eigenvalue weighted by molar-refractivity contribution is 0.435. The van der Waals surface area contributed by atoms with Crippen LogP contribution in [0.3, 0.4) is 0 Å². The molecule has 1 N–H and O–H groups in total. The number of halogens is 2. The van der Waals surface area contributed by atoms with Crippen LogP contribution in [0.1, 0.15) is 6.92 Å². The van der Waals surface area contributed by atoms with Crippen LogP contribution in [-0.4, -0.2) is 11.7 Å². The Labute approximate surface area is 103 Å². The van der Waals surface area contributed by atoms with E-state index in [1.54, 1.807) is 12.1 Å². The number of nitrogens with one attached hydrogen (secondary N) is 1. The summed E-state index contributed by atoms with van der Waals surface area (Å²) in [7, 11) is 0. The van der Waals surface area contributed by atoms with Crippen molar-refractivity contribution in [2.75, 3.05) is 11.9 Å². The first-order valence-corrected chi connectivity index (χ1v) is 5.63. The minimum absolute atomic E-state index is 0.490. The van der Waals surface area contributed by atoms with E-state index in [1.165, 1.54) is 0 Å². The lowest BCUT2D eigenvalue weighted by Gasteiger charge is -1.97. The summed E-state index contributed by atoms with van der Waals surface area (Å²) >= 11 is 11.9. The fourth-order valence-electron chi connectivity index (χ4n) is 1.34. The molecular weight excluding hydrogens is 247 g/mol. The molecule has 1 aromatic heterocycles. The molecule has 3 nitrogen and oxygen atoms in total. The first-order chi connectivity index (χ1) is 7.72. The van der Waals surface area contributed by atoms with E-state index in [4.69, 9.17) is 27.7 Å². The predicted octanol–water partition coefficient (Wildman–Crippen LogP) is 4.08. The zero-order chi connectivity index (χ0) is 11.5. The number of rotatable bonds is 3. The smallest absolute Gasteiger partial charge is 0.188 e. The van der Waals surface area contributed by atoms with Crippen LogP contribution in [0, 0.1) is 0 Å². The largest absolute Gasteiger partial charge is 0.366 e. The molecule has 16 heavy (non-hydrogen) atoms. The van der Waals surface area contributed by atoms with E-state index in [0.717, 1.165) is 12.1 Å². The molecule has 0 fully saturated rings. The molecule has 0 unspecified atom stereocenters. The van der Waals surface area contributed by atoms with Gasteiger partial charge >= 0.3 is 0 Å². The minimum Gasteiger partial charge on any atom is -0.366 e. The quantitative estimate of drug-likeness (QED) is 0.900. The molecule has 5 heteroatoms. The predicted molar refractivity (Wildman–Crippen MR) is 66.1 cm³/mol. The van der Waals surface area contributed by atoms with E-state index < -0.39 is 0 Å². The normalized spacial score (nSPS) is 10.4. The number of hydrogen-bond donors (Lipinski definition) is 1. The number of nitrogens with zero attached hydrogens (tertiary/aromatic N) is 1. The molecule has 0 aliphatic carbocycles. The average Bonchev–Trinajstić information content (AvgIpc) is 2.63. The third kappa shape index (κ3) is 2.15.